The molecule has 2 rings (SSSR count). The summed E-state index contributed by atoms with van der Waals surface area (Å²) in [6.45, 7) is 8.51. The average Bonchev–Trinajstić information content (AvgIpc) is 2.91. The first-order valence-electron chi connectivity index (χ1n) is 8.71. The molecule has 0 atom stereocenters. The fourth-order valence-corrected chi connectivity index (χ4v) is 2.58. The predicted octanol–water partition coefficient (Wildman–Crippen LogP) is 2.93. The number of aromatic nitrogens is 3. The maximum atomic E-state index is 11.8. The van der Waals surface area contributed by atoms with Crippen molar-refractivity contribution < 1.29 is 9.53 Å². The lowest BCUT2D eigenvalue weighted by Gasteiger charge is -2.20. The van der Waals surface area contributed by atoms with Crippen molar-refractivity contribution in [3.63, 3.8) is 0 Å². The van der Waals surface area contributed by atoms with Crippen LogP contribution < -0.4 is 15.5 Å². The standard InChI is InChI=1S/C18H27N5O2S/c1-5-6-15-21-22-17(26)23(15)19-11-13-7-9-14(10-8-13)25-12-16(24)20-18(2,3)4/h7-10,19H,5-6,11-12H2,1-4H3,(H,20,24)(H,22,26). The molecule has 0 bridgehead atoms. The Kier molecular flexibility index (Phi) is 6.79. The lowest BCUT2D eigenvalue weighted by molar-refractivity contribution is -0.124. The quantitative estimate of drug-likeness (QED) is 0.616. The molecule has 0 unspecified atom stereocenters. The van der Waals surface area contributed by atoms with E-state index in [9.17, 15) is 4.79 Å². The van der Waals surface area contributed by atoms with E-state index in [4.69, 9.17) is 17.0 Å². The number of carbonyl (C=O) groups is 1. The van der Waals surface area contributed by atoms with E-state index in [1.54, 1.807) is 4.68 Å². The summed E-state index contributed by atoms with van der Waals surface area (Å²) in [5.74, 6) is 1.41. The lowest BCUT2D eigenvalue weighted by Crippen LogP contribution is -2.43. The molecule has 1 aromatic carbocycles. The Morgan fingerprint density at radius 2 is 2.00 bits per heavy atom. The van der Waals surface area contributed by atoms with Gasteiger partial charge in [0.25, 0.3) is 5.91 Å². The van der Waals surface area contributed by atoms with Gasteiger partial charge in [0.15, 0.2) is 12.4 Å². The summed E-state index contributed by atoms with van der Waals surface area (Å²) >= 11 is 5.24. The van der Waals surface area contributed by atoms with Gasteiger partial charge in [-0.05, 0) is 57.1 Å². The van der Waals surface area contributed by atoms with Crippen LogP contribution in [0.15, 0.2) is 24.3 Å². The molecule has 0 saturated heterocycles. The number of aromatic amines is 1. The van der Waals surface area contributed by atoms with Gasteiger partial charge in [0.2, 0.25) is 4.77 Å². The molecule has 2 aromatic rings. The zero-order valence-electron chi connectivity index (χ0n) is 15.8. The second kappa shape index (κ2) is 8.84. The van der Waals surface area contributed by atoms with Crippen molar-refractivity contribution in [1.29, 1.82) is 0 Å². The van der Waals surface area contributed by atoms with Crippen LogP contribution in [-0.4, -0.2) is 32.9 Å². The summed E-state index contributed by atoms with van der Waals surface area (Å²) < 4.78 is 7.88. The van der Waals surface area contributed by atoms with Crippen LogP contribution in [0.1, 0.15) is 45.5 Å². The van der Waals surface area contributed by atoms with Crippen LogP contribution >= 0.6 is 12.2 Å². The molecule has 0 aliphatic carbocycles. The summed E-state index contributed by atoms with van der Waals surface area (Å²) in [6, 6.07) is 7.60. The smallest absolute Gasteiger partial charge is 0.258 e. The predicted molar refractivity (Wildman–Crippen MR) is 104 cm³/mol. The highest BCUT2D eigenvalue weighted by Crippen LogP contribution is 2.13. The minimum Gasteiger partial charge on any atom is -0.484 e. The van der Waals surface area contributed by atoms with Crippen LogP contribution in [0.5, 0.6) is 5.75 Å². The molecular formula is C18H27N5O2S. The van der Waals surface area contributed by atoms with Crippen LogP contribution in [0.3, 0.4) is 0 Å². The number of nitrogens with one attached hydrogen (secondary N) is 3. The van der Waals surface area contributed by atoms with Crippen molar-refractivity contribution in [3.8, 4) is 5.75 Å². The van der Waals surface area contributed by atoms with E-state index in [1.165, 1.54) is 0 Å². The van der Waals surface area contributed by atoms with Crippen molar-refractivity contribution in [2.75, 3.05) is 12.0 Å². The molecule has 142 valence electrons. The number of carbonyl (C=O) groups excluding carboxylic acids is 1. The van der Waals surface area contributed by atoms with Crippen LogP contribution in [0.4, 0.5) is 0 Å². The minimum atomic E-state index is -0.263. The molecular weight excluding hydrogens is 350 g/mol. The monoisotopic (exact) mass is 377 g/mol. The highest BCUT2D eigenvalue weighted by atomic mass is 32.1. The molecule has 0 aliphatic heterocycles. The molecule has 1 amide bonds. The van der Waals surface area contributed by atoms with E-state index < -0.39 is 0 Å². The van der Waals surface area contributed by atoms with Crippen molar-refractivity contribution in [3.05, 3.63) is 40.4 Å². The summed E-state index contributed by atoms with van der Waals surface area (Å²) in [5, 5.41) is 9.89. The molecule has 0 fully saturated rings. The highest BCUT2D eigenvalue weighted by Gasteiger charge is 2.13. The summed E-state index contributed by atoms with van der Waals surface area (Å²) in [4.78, 5) is 11.8. The van der Waals surface area contributed by atoms with Gasteiger partial charge in [-0.3, -0.25) is 9.89 Å². The van der Waals surface area contributed by atoms with E-state index >= 15 is 0 Å². The maximum absolute atomic E-state index is 11.8. The first-order valence-corrected chi connectivity index (χ1v) is 9.12. The average molecular weight is 378 g/mol. The Balaban J connectivity index is 1.87. The van der Waals surface area contributed by atoms with Gasteiger partial charge in [0.05, 0.1) is 6.54 Å². The van der Waals surface area contributed by atoms with E-state index in [2.05, 4.69) is 27.9 Å². The largest absolute Gasteiger partial charge is 0.484 e. The van der Waals surface area contributed by atoms with Gasteiger partial charge >= 0.3 is 0 Å². The van der Waals surface area contributed by atoms with Crippen LogP contribution in [0, 0.1) is 4.77 Å². The van der Waals surface area contributed by atoms with Crippen molar-refractivity contribution in [1.82, 2.24) is 20.2 Å². The van der Waals surface area contributed by atoms with Gasteiger partial charge in [-0.25, -0.2) is 4.68 Å². The topological polar surface area (TPSA) is 84.0 Å². The third-order valence-corrected chi connectivity index (χ3v) is 3.74. The number of benzene rings is 1. The zero-order chi connectivity index (χ0) is 19.2. The first-order chi connectivity index (χ1) is 12.3. The molecule has 1 aromatic heterocycles. The van der Waals surface area contributed by atoms with Crippen LogP contribution in [0.2, 0.25) is 0 Å². The summed E-state index contributed by atoms with van der Waals surface area (Å²) in [6.07, 6.45) is 1.85. The van der Waals surface area contributed by atoms with Crippen LogP contribution in [-0.2, 0) is 17.8 Å². The summed E-state index contributed by atoms with van der Waals surface area (Å²) in [5.41, 5.74) is 4.08. The van der Waals surface area contributed by atoms with Gasteiger partial charge in [-0.2, -0.15) is 5.10 Å². The van der Waals surface area contributed by atoms with Crippen molar-refractivity contribution in [2.24, 2.45) is 0 Å². The third-order valence-electron chi connectivity index (χ3n) is 3.46. The number of hydrogen-bond donors (Lipinski definition) is 3. The second-order valence-corrected chi connectivity index (χ2v) is 7.48. The van der Waals surface area contributed by atoms with E-state index in [-0.39, 0.29) is 18.1 Å². The molecule has 7 nitrogen and oxygen atoms in total. The number of rotatable bonds is 8. The first kappa shape index (κ1) is 20.0. The number of amides is 1. The number of aryl methyl sites for hydroxylation is 1. The van der Waals surface area contributed by atoms with Crippen molar-refractivity contribution >= 4 is 18.1 Å². The molecule has 8 heteroatoms. The number of ether oxygens (including phenoxy) is 1. The normalized spacial score (nSPS) is 11.2. The fourth-order valence-electron chi connectivity index (χ4n) is 2.36. The zero-order valence-corrected chi connectivity index (χ0v) is 16.6. The Bertz CT molecular complexity index is 774. The van der Waals surface area contributed by atoms with E-state index in [1.807, 2.05) is 45.0 Å². The summed E-state index contributed by atoms with van der Waals surface area (Å²) in [7, 11) is 0. The van der Waals surface area contributed by atoms with Crippen LogP contribution in [0.25, 0.3) is 0 Å². The van der Waals surface area contributed by atoms with Gasteiger partial charge in [0, 0.05) is 12.0 Å². The third kappa shape index (κ3) is 6.18. The molecule has 0 spiro atoms. The SMILES string of the molecule is CCCc1n[nH]c(=S)n1NCc1ccc(OCC(=O)NC(C)(C)C)cc1. The second-order valence-electron chi connectivity index (χ2n) is 7.10. The number of hydrogen-bond acceptors (Lipinski definition) is 5. The van der Waals surface area contributed by atoms with Gasteiger partial charge in [0.1, 0.15) is 5.75 Å². The molecule has 0 radical (unpaired) electrons. The fraction of sp³-hybridized carbons (Fsp3) is 0.500. The number of H-pyrrole nitrogens is 1. The Morgan fingerprint density at radius 3 is 2.62 bits per heavy atom. The maximum Gasteiger partial charge on any atom is 0.258 e. The van der Waals surface area contributed by atoms with E-state index in [0.717, 1.165) is 24.2 Å². The molecule has 26 heavy (non-hydrogen) atoms. The Morgan fingerprint density at radius 1 is 1.31 bits per heavy atom. The molecule has 0 aliphatic rings. The Hall–Kier alpha value is -2.35. The van der Waals surface area contributed by atoms with E-state index in [0.29, 0.717) is 17.1 Å². The number of nitrogens with zero attached hydrogens (tertiary/aromatic N) is 2. The highest BCUT2D eigenvalue weighted by molar-refractivity contribution is 7.71. The van der Waals surface area contributed by atoms with Gasteiger partial charge in [-0.15, -0.1) is 0 Å². The lowest BCUT2D eigenvalue weighted by atomic mass is 10.1. The Labute approximate surface area is 159 Å². The minimum absolute atomic E-state index is 0.000569. The van der Waals surface area contributed by atoms with Crippen molar-refractivity contribution in [2.45, 2.75) is 52.6 Å². The van der Waals surface area contributed by atoms with Gasteiger partial charge < -0.3 is 15.5 Å². The molecule has 0 saturated carbocycles. The van der Waals surface area contributed by atoms with Gasteiger partial charge in [-0.1, -0.05) is 19.1 Å². The molecule has 3 N–H and O–H groups in total. The molecule has 1 heterocycles.